The Kier molecular flexibility index (Phi) is 3.15. The highest BCUT2D eigenvalue weighted by molar-refractivity contribution is 14.1. The molecule has 1 aromatic carbocycles. The maximum absolute atomic E-state index is 4.35. The fourth-order valence-corrected chi connectivity index (χ4v) is 3.14. The van der Waals surface area contributed by atoms with Crippen LogP contribution in [-0.2, 0) is 5.41 Å². The zero-order valence-corrected chi connectivity index (χ0v) is 12.5. The summed E-state index contributed by atoms with van der Waals surface area (Å²) in [6.07, 6.45) is 5.10. The van der Waals surface area contributed by atoms with Gasteiger partial charge in [-0.15, -0.1) is 0 Å². The topological polar surface area (TPSA) is 29.9 Å². The molecule has 0 aliphatic carbocycles. The van der Waals surface area contributed by atoms with E-state index in [-0.39, 0.29) is 5.41 Å². The highest BCUT2D eigenvalue weighted by Crippen LogP contribution is 2.31. The van der Waals surface area contributed by atoms with Crippen LogP contribution in [0.2, 0.25) is 0 Å². The molecule has 1 aliphatic heterocycles. The minimum absolute atomic E-state index is 0.192. The predicted molar refractivity (Wildman–Crippen MR) is 81.1 cm³/mol. The molecular weight excluding hydrogens is 337 g/mol. The third-order valence-electron chi connectivity index (χ3n) is 3.71. The third kappa shape index (κ3) is 2.07. The van der Waals surface area contributed by atoms with Gasteiger partial charge in [-0.2, -0.15) is 0 Å². The van der Waals surface area contributed by atoms with Crippen molar-refractivity contribution in [1.29, 1.82) is 0 Å². The predicted octanol–water partition coefficient (Wildman–Crippen LogP) is 2.73. The summed E-state index contributed by atoms with van der Waals surface area (Å²) in [5, 5.41) is 3.45. The first-order chi connectivity index (χ1) is 8.69. The molecule has 2 heterocycles. The first kappa shape index (κ1) is 12.2. The number of benzene rings is 1. The van der Waals surface area contributed by atoms with E-state index in [4.69, 9.17) is 0 Å². The minimum atomic E-state index is 0.192. The molecule has 1 unspecified atom stereocenters. The lowest BCUT2D eigenvalue weighted by Gasteiger charge is -2.24. The van der Waals surface area contributed by atoms with Crippen LogP contribution in [0, 0.1) is 3.57 Å². The Morgan fingerprint density at radius 2 is 2.33 bits per heavy atom. The molecule has 0 amide bonds. The maximum Gasteiger partial charge on any atom is 0.0994 e. The summed E-state index contributed by atoms with van der Waals surface area (Å²) in [5.41, 5.74) is 2.69. The quantitative estimate of drug-likeness (QED) is 0.842. The summed E-state index contributed by atoms with van der Waals surface area (Å²) < 4.78 is 3.47. The zero-order valence-electron chi connectivity index (χ0n) is 10.4. The van der Waals surface area contributed by atoms with Crippen LogP contribution in [0.25, 0.3) is 5.69 Å². The van der Waals surface area contributed by atoms with E-state index in [0.29, 0.717) is 0 Å². The Morgan fingerprint density at radius 1 is 1.44 bits per heavy atom. The lowest BCUT2D eigenvalue weighted by Crippen LogP contribution is -2.27. The number of nitrogens with one attached hydrogen (secondary N) is 1. The zero-order chi connectivity index (χ0) is 12.6. The number of rotatable bonds is 2. The van der Waals surface area contributed by atoms with Crippen molar-refractivity contribution in [3.8, 4) is 5.69 Å². The molecule has 3 nitrogen and oxygen atoms in total. The molecule has 4 heteroatoms. The van der Waals surface area contributed by atoms with Gasteiger partial charge in [0, 0.05) is 33.1 Å². The van der Waals surface area contributed by atoms with Gasteiger partial charge in [0.15, 0.2) is 0 Å². The van der Waals surface area contributed by atoms with Gasteiger partial charge < -0.3 is 9.88 Å². The van der Waals surface area contributed by atoms with Gasteiger partial charge in [0.05, 0.1) is 6.33 Å². The first-order valence-corrected chi connectivity index (χ1v) is 7.26. The number of hydrogen-bond donors (Lipinski definition) is 1. The van der Waals surface area contributed by atoms with Crippen LogP contribution in [0.1, 0.15) is 19.0 Å². The van der Waals surface area contributed by atoms with Crippen molar-refractivity contribution in [1.82, 2.24) is 14.9 Å². The van der Waals surface area contributed by atoms with Crippen molar-refractivity contribution in [2.45, 2.75) is 18.8 Å². The van der Waals surface area contributed by atoms with Gasteiger partial charge >= 0.3 is 0 Å². The normalized spacial score (nSPS) is 23.4. The van der Waals surface area contributed by atoms with Crippen LogP contribution in [-0.4, -0.2) is 22.6 Å². The highest BCUT2D eigenvalue weighted by Gasteiger charge is 2.33. The molecule has 1 aromatic heterocycles. The lowest BCUT2D eigenvalue weighted by molar-refractivity contribution is 0.499. The molecule has 18 heavy (non-hydrogen) atoms. The summed E-state index contributed by atoms with van der Waals surface area (Å²) in [7, 11) is 0. The van der Waals surface area contributed by atoms with Crippen molar-refractivity contribution in [2.24, 2.45) is 0 Å². The van der Waals surface area contributed by atoms with E-state index >= 15 is 0 Å². The van der Waals surface area contributed by atoms with Gasteiger partial charge in [0.25, 0.3) is 0 Å². The Morgan fingerprint density at radius 3 is 3.06 bits per heavy atom. The standard InChI is InChI=1S/C14H16IN3/c1-14(5-6-16-9-14)13-8-17-10-18(13)12-4-2-3-11(15)7-12/h2-4,7-8,10,16H,5-6,9H2,1H3. The summed E-state index contributed by atoms with van der Waals surface area (Å²) in [5.74, 6) is 0. The number of imidazole rings is 1. The Hall–Kier alpha value is -0.880. The van der Waals surface area contributed by atoms with Gasteiger partial charge in [-0.05, 0) is 53.8 Å². The molecule has 1 saturated heterocycles. The van der Waals surface area contributed by atoms with Crippen LogP contribution in [0.15, 0.2) is 36.8 Å². The van der Waals surface area contributed by atoms with E-state index in [1.165, 1.54) is 21.4 Å². The van der Waals surface area contributed by atoms with Crippen molar-refractivity contribution in [3.63, 3.8) is 0 Å². The fourth-order valence-electron chi connectivity index (χ4n) is 2.61. The van der Waals surface area contributed by atoms with Gasteiger partial charge in [0.2, 0.25) is 0 Å². The second-order valence-corrected chi connectivity index (χ2v) is 6.36. The van der Waals surface area contributed by atoms with Gasteiger partial charge in [0.1, 0.15) is 0 Å². The molecule has 1 fully saturated rings. The van der Waals surface area contributed by atoms with E-state index in [9.17, 15) is 0 Å². The second kappa shape index (κ2) is 4.66. The molecule has 1 N–H and O–H groups in total. The largest absolute Gasteiger partial charge is 0.316 e. The fraction of sp³-hybridized carbons (Fsp3) is 0.357. The summed E-state index contributed by atoms with van der Waals surface area (Å²) in [6.45, 7) is 4.44. The van der Waals surface area contributed by atoms with Gasteiger partial charge in [-0.1, -0.05) is 13.0 Å². The van der Waals surface area contributed by atoms with Gasteiger partial charge in [-0.3, -0.25) is 0 Å². The summed E-state index contributed by atoms with van der Waals surface area (Å²) in [6, 6.07) is 8.53. The van der Waals surface area contributed by atoms with Crippen molar-refractivity contribution in [2.75, 3.05) is 13.1 Å². The molecule has 2 aromatic rings. The molecule has 3 rings (SSSR count). The minimum Gasteiger partial charge on any atom is -0.316 e. The smallest absolute Gasteiger partial charge is 0.0994 e. The van der Waals surface area contributed by atoms with E-state index < -0.39 is 0 Å². The number of hydrogen-bond acceptors (Lipinski definition) is 2. The van der Waals surface area contributed by atoms with E-state index in [2.05, 4.69) is 68.6 Å². The van der Waals surface area contributed by atoms with Gasteiger partial charge in [-0.25, -0.2) is 4.98 Å². The Bertz CT molecular complexity index is 556. The average molecular weight is 353 g/mol. The van der Waals surface area contributed by atoms with E-state index in [1.807, 2.05) is 12.5 Å². The molecular formula is C14H16IN3. The van der Waals surface area contributed by atoms with Crippen molar-refractivity contribution >= 4 is 22.6 Å². The van der Waals surface area contributed by atoms with Crippen LogP contribution in [0.4, 0.5) is 0 Å². The number of aromatic nitrogens is 2. The molecule has 0 bridgehead atoms. The maximum atomic E-state index is 4.35. The summed E-state index contributed by atoms with van der Waals surface area (Å²) in [4.78, 5) is 4.35. The second-order valence-electron chi connectivity index (χ2n) is 5.12. The number of halogens is 1. The van der Waals surface area contributed by atoms with E-state index in [1.54, 1.807) is 0 Å². The first-order valence-electron chi connectivity index (χ1n) is 6.19. The number of nitrogens with zero attached hydrogens (tertiary/aromatic N) is 2. The Labute approximate surface area is 121 Å². The molecule has 94 valence electrons. The van der Waals surface area contributed by atoms with Crippen molar-refractivity contribution in [3.05, 3.63) is 46.1 Å². The molecule has 1 aliphatic rings. The van der Waals surface area contributed by atoms with Crippen LogP contribution < -0.4 is 5.32 Å². The molecule has 0 saturated carbocycles. The van der Waals surface area contributed by atoms with Crippen LogP contribution in [0.3, 0.4) is 0 Å². The van der Waals surface area contributed by atoms with Crippen molar-refractivity contribution < 1.29 is 0 Å². The average Bonchev–Trinajstić information content (AvgIpc) is 2.98. The highest BCUT2D eigenvalue weighted by atomic mass is 127. The summed E-state index contributed by atoms with van der Waals surface area (Å²) >= 11 is 2.35. The van der Waals surface area contributed by atoms with E-state index in [0.717, 1.165) is 13.1 Å². The molecule has 0 spiro atoms. The SMILES string of the molecule is CC1(c2cncn2-c2cccc(I)c2)CCNC1. The monoisotopic (exact) mass is 353 g/mol. The molecule has 0 radical (unpaired) electrons. The van der Waals surface area contributed by atoms with Crippen LogP contribution >= 0.6 is 22.6 Å². The third-order valence-corrected chi connectivity index (χ3v) is 4.38. The van der Waals surface area contributed by atoms with Crippen LogP contribution in [0.5, 0.6) is 0 Å². The lowest BCUT2D eigenvalue weighted by atomic mass is 9.86. The molecule has 1 atom stereocenters. The Balaban J connectivity index is 2.06.